The Morgan fingerprint density at radius 2 is 2.44 bits per heavy atom. The van der Waals surface area contributed by atoms with Gasteiger partial charge >= 0.3 is 0 Å². The average molecular weight is 260 g/mol. The Morgan fingerprint density at radius 1 is 1.56 bits per heavy atom. The molecule has 0 radical (unpaired) electrons. The van der Waals surface area contributed by atoms with E-state index in [1.165, 1.54) is 11.9 Å². The molecule has 1 aliphatic rings. The number of thiophene rings is 1. The zero-order valence-corrected chi connectivity index (χ0v) is 10.7. The van der Waals surface area contributed by atoms with Crippen molar-refractivity contribution in [1.29, 1.82) is 0 Å². The molecule has 0 saturated heterocycles. The highest BCUT2D eigenvalue weighted by atomic mass is 32.1. The molecule has 0 aromatic carbocycles. The van der Waals surface area contributed by atoms with E-state index in [-0.39, 0.29) is 11.9 Å². The number of furan rings is 1. The van der Waals surface area contributed by atoms with Crippen molar-refractivity contribution in [1.82, 2.24) is 5.01 Å². The quantitative estimate of drug-likeness (QED) is 0.833. The molecular weight excluding hydrogens is 248 g/mol. The summed E-state index contributed by atoms with van der Waals surface area (Å²) in [6.07, 6.45) is 2.32. The van der Waals surface area contributed by atoms with Crippen LogP contribution in [0.25, 0.3) is 0 Å². The molecule has 1 atom stereocenters. The van der Waals surface area contributed by atoms with Gasteiger partial charge in [0.05, 0.1) is 12.0 Å². The summed E-state index contributed by atoms with van der Waals surface area (Å²) >= 11 is 1.63. The van der Waals surface area contributed by atoms with Gasteiger partial charge in [0.15, 0.2) is 0 Å². The summed E-state index contributed by atoms with van der Waals surface area (Å²) in [5.74, 6) is 0.709. The SMILES string of the molecule is CC(=O)N1N=C(c2ccsc2)C[C@@H]1c1ccco1. The fourth-order valence-corrected chi connectivity index (χ4v) is 2.77. The van der Waals surface area contributed by atoms with Gasteiger partial charge in [0.25, 0.3) is 0 Å². The number of nitrogens with zero attached hydrogens (tertiary/aromatic N) is 2. The second kappa shape index (κ2) is 4.42. The van der Waals surface area contributed by atoms with Crippen LogP contribution in [0.3, 0.4) is 0 Å². The van der Waals surface area contributed by atoms with Gasteiger partial charge in [-0.05, 0) is 29.0 Å². The number of hydrogen-bond acceptors (Lipinski definition) is 4. The van der Waals surface area contributed by atoms with E-state index in [4.69, 9.17) is 4.42 Å². The predicted octanol–water partition coefficient (Wildman–Crippen LogP) is 3.04. The maximum absolute atomic E-state index is 11.6. The van der Waals surface area contributed by atoms with Gasteiger partial charge in [-0.25, -0.2) is 5.01 Å². The van der Waals surface area contributed by atoms with Gasteiger partial charge in [0.2, 0.25) is 5.91 Å². The molecule has 0 spiro atoms. The van der Waals surface area contributed by atoms with Crippen molar-refractivity contribution in [2.45, 2.75) is 19.4 Å². The van der Waals surface area contributed by atoms with Crippen LogP contribution in [-0.2, 0) is 4.79 Å². The van der Waals surface area contributed by atoms with Crippen LogP contribution in [0.1, 0.15) is 30.7 Å². The molecule has 0 aliphatic carbocycles. The Labute approximate surface area is 109 Å². The van der Waals surface area contributed by atoms with Crippen molar-refractivity contribution in [2.75, 3.05) is 0 Å². The highest BCUT2D eigenvalue weighted by Gasteiger charge is 2.33. The first-order valence-corrected chi connectivity index (χ1v) is 6.63. The standard InChI is InChI=1S/C13H12N2O2S/c1-9(16)15-12(13-3-2-5-17-13)7-11(14-15)10-4-6-18-8-10/h2-6,8,12H,7H2,1H3/t12-/m1/s1. The Morgan fingerprint density at radius 3 is 3.06 bits per heavy atom. The first-order chi connectivity index (χ1) is 8.75. The zero-order valence-electron chi connectivity index (χ0n) is 9.87. The topological polar surface area (TPSA) is 45.8 Å². The van der Waals surface area contributed by atoms with Crippen LogP contribution < -0.4 is 0 Å². The summed E-state index contributed by atoms with van der Waals surface area (Å²) in [7, 11) is 0. The van der Waals surface area contributed by atoms with Crippen molar-refractivity contribution < 1.29 is 9.21 Å². The second-order valence-electron chi connectivity index (χ2n) is 4.16. The van der Waals surface area contributed by atoms with E-state index in [0.717, 1.165) is 17.0 Å². The summed E-state index contributed by atoms with van der Waals surface area (Å²) in [6.45, 7) is 1.52. The first-order valence-electron chi connectivity index (χ1n) is 5.69. The van der Waals surface area contributed by atoms with E-state index in [1.54, 1.807) is 17.6 Å². The Kier molecular flexibility index (Phi) is 2.76. The van der Waals surface area contributed by atoms with Gasteiger partial charge < -0.3 is 4.42 Å². The van der Waals surface area contributed by atoms with Gasteiger partial charge in [-0.1, -0.05) is 0 Å². The third-order valence-electron chi connectivity index (χ3n) is 2.96. The number of rotatable bonds is 2. The molecule has 3 heterocycles. The van der Waals surface area contributed by atoms with Crippen LogP contribution in [0.4, 0.5) is 0 Å². The van der Waals surface area contributed by atoms with Crippen molar-refractivity contribution >= 4 is 23.0 Å². The molecule has 92 valence electrons. The lowest BCUT2D eigenvalue weighted by Crippen LogP contribution is -2.23. The first kappa shape index (κ1) is 11.2. The molecular formula is C13H12N2O2S. The third-order valence-corrected chi connectivity index (χ3v) is 3.64. The maximum atomic E-state index is 11.6. The van der Waals surface area contributed by atoms with E-state index in [9.17, 15) is 4.79 Å². The van der Waals surface area contributed by atoms with Crippen LogP contribution in [0.5, 0.6) is 0 Å². The van der Waals surface area contributed by atoms with Gasteiger partial charge in [-0.2, -0.15) is 16.4 Å². The van der Waals surface area contributed by atoms with Gasteiger partial charge in [-0.3, -0.25) is 4.79 Å². The molecule has 2 aromatic heterocycles. The summed E-state index contributed by atoms with van der Waals surface area (Å²) in [4.78, 5) is 11.6. The van der Waals surface area contributed by atoms with Crippen molar-refractivity contribution in [3.05, 3.63) is 46.5 Å². The van der Waals surface area contributed by atoms with Crippen molar-refractivity contribution in [2.24, 2.45) is 5.10 Å². The molecule has 3 rings (SSSR count). The minimum atomic E-state index is -0.118. The van der Waals surface area contributed by atoms with E-state index in [2.05, 4.69) is 5.10 Å². The minimum absolute atomic E-state index is 0.0679. The molecule has 18 heavy (non-hydrogen) atoms. The van der Waals surface area contributed by atoms with Crippen LogP contribution in [0.15, 0.2) is 44.7 Å². The number of carbonyl (C=O) groups excluding carboxylic acids is 1. The largest absolute Gasteiger partial charge is 0.467 e. The molecule has 0 fully saturated rings. The molecule has 5 heteroatoms. The summed E-state index contributed by atoms with van der Waals surface area (Å²) in [5.41, 5.74) is 2.02. The molecule has 0 N–H and O–H groups in total. The highest BCUT2D eigenvalue weighted by molar-refractivity contribution is 7.08. The predicted molar refractivity (Wildman–Crippen MR) is 69.4 cm³/mol. The van der Waals surface area contributed by atoms with E-state index in [0.29, 0.717) is 6.42 Å². The lowest BCUT2D eigenvalue weighted by Gasteiger charge is -2.17. The van der Waals surface area contributed by atoms with Gasteiger partial charge in [0.1, 0.15) is 11.8 Å². The number of hydrogen-bond donors (Lipinski definition) is 0. The zero-order chi connectivity index (χ0) is 12.5. The Balaban J connectivity index is 1.93. The molecule has 1 aliphatic heterocycles. The Hall–Kier alpha value is -1.88. The lowest BCUT2D eigenvalue weighted by atomic mass is 10.1. The van der Waals surface area contributed by atoms with Crippen LogP contribution >= 0.6 is 11.3 Å². The number of amides is 1. The maximum Gasteiger partial charge on any atom is 0.240 e. The highest BCUT2D eigenvalue weighted by Crippen LogP contribution is 2.33. The Bertz CT molecular complexity index is 572. The normalized spacial score (nSPS) is 19.1. The fourth-order valence-electron chi connectivity index (χ4n) is 2.11. The molecule has 2 aromatic rings. The third kappa shape index (κ3) is 1.86. The second-order valence-corrected chi connectivity index (χ2v) is 4.94. The average Bonchev–Trinajstić information content (AvgIpc) is 3.10. The smallest absolute Gasteiger partial charge is 0.240 e. The summed E-state index contributed by atoms with van der Waals surface area (Å²) in [6, 6.07) is 5.61. The molecule has 0 bridgehead atoms. The van der Waals surface area contributed by atoms with E-state index < -0.39 is 0 Å². The molecule has 0 saturated carbocycles. The number of carbonyl (C=O) groups is 1. The summed E-state index contributed by atoms with van der Waals surface area (Å²) in [5, 5.41) is 9.97. The molecule has 0 unspecified atom stereocenters. The fraction of sp³-hybridized carbons (Fsp3) is 0.231. The van der Waals surface area contributed by atoms with Crippen LogP contribution in [-0.4, -0.2) is 16.6 Å². The van der Waals surface area contributed by atoms with E-state index >= 15 is 0 Å². The monoisotopic (exact) mass is 260 g/mol. The van der Waals surface area contributed by atoms with Gasteiger partial charge in [-0.15, -0.1) is 0 Å². The van der Waals surface area contributed by atoms with Gasteiger partial charge in [0, 0.05) is 18.9 Å². The lowest BCUT2D eigenvalue weighted by molar-refractivity contribution is -0.130. The molecule has 4 nitrogen and oxygen atoms in total. The van der Waals surface area contributed by atoms with Crippen LogP contribution in [0, 0.1) is 0 Å². The summed E-state index contributed by atoms with van der Waals surface area (Å²) < 4.78 is 5.40. The van der Waals surface area contributed by atoms with Crippen LogP contribution in [0.2, 0.25) is 0 Å². The minimum Gasteiger partial charge on any atom is -0.467 e. The van der Waals surface area contributed by atoms with Crippen molar-refractivity contribution in [3.63, 3.8) is 0 Å². The van der Waals surface area contributed by atoms with Crippen molar-refractivity contribution in [3.8, 4) is 0 Å². The number of hydrazone groups is 1. The molecule has 1 amide bonds. The van der Waals surface area contributed by atoms with E-state index in [1.807, 2.05) is 29.0 Å².